The molecule has 0 atom stereocenters. The molecule has 2 amide bonds. The molecule has 24 heavy (non-hydrogen) atoms. The van der Waals surface area contributed by atoms with Crippen LogP contribution in [0.15, 0.2) is 40.9 Å². The van der Waals surface area contributed by atoms with Gasteiger partial charge in [-0.2, -0.15) is 0 Å². The van der Waals surface area contributed by atoms with Gasteiger partial charge in [-0.3, -0.25) is 9.59 Å². The summed E-state index contributed by atoms with van der Waals surface area (Å²) in [6.45, 7) is 6.14. The summed E-state index contributed by atoms with van der Waals surface area (Å²) >= 11 is 3.39. The molecule has 0 unspecified atom stereocenters. The van der Waals surface area contributed by atoms with Gasteiger partial charge < -0.3 is 10.6 Å². The number of halogens is 1. The Morgan fingerprint density at radius 1 is 1.00 bits per heavy atom. The van der Waals surface area contributed by atoms with Crippen molar-refractivity contribution < 1.29 is 9.59 Å². The standard InChI is InChI=1S/C19H21BrN2O2/c1-12-8-13(2)10-15(9-12)19(24)21-7-6-18(23)22-17-11-16(20)5-4-14(17)3/h4-5,8-11H,6-7H2,1-3H3,(H,21,24)(H,22,23). The van der Waals surface area contributed by atoms with Gasteiger partial charge in [-0.1, -0.05) is 39.2 Å². The Labute approximate surface area is 150 Å². The number of nitrogens with one attached hydrogen (secondary N) is 2. The highest BCUT2D eigenvalue weighted by molar-refractivity contribution is 9.10. The van der Waals surface area contributed by atoms with Crippen molar-refractivity contribution in [2.75, 3.05) is 11.9 Å². The Morgan fingerprint density at radius 2 is 1.67 bits per heavy atom. The molecule has 0 aliphatic carbocycles. The highest BCUT2D eigenvalue weighted by atomic mass is 79.9. The first-order valence-electron chi connectivity index (χ1n) is 7.77. The summed E-state index contributed by atoms with van der Waals surface area (Å²) in [7, 11) is 0. The van der Waals surface area contributed by atoms with E-state index in [1.165, 1.54) is 0 Å². The average molecular weight is 389 g/mol. The third-order valence-electron chi connectivity index (χ3n) is 3.60. The predicted octanol–water partition coefficient (Wildman–Crippen LogP) is 4.13. The van der Waals surface area contributed by atoms with Crippen LogP contribution in [0.5, 0.6) is 0 Å². The molecule has 2 rings (SSSR count). The molecule has 0 spiro atoms. The fraction of sp³-hybridized carbons (Fsp3) is 0.263. The van der Waals surface area contributed by atoms with Crippen molar-refractivity contribution in [2.45, 2.75) is 27.2 Å². The van der Waals surface area contributed by atoms with Gasteiger partial charge >= 0.3 is 0 Å². The monoisotopic (exact) mass is 388 g/mol. The van der Waals surface area contributed by atoms with E-state index in [0.29, 0.717) is 12.1 Å². The van der Waals surface area contributed by atoms with Crippen molar-refractivity contribution >= 4 is 33.4 Å². The van der Waals surface area contributed by atoms with E-state index in [0.717, 1.165) is 26.9 Å². The van der Waals surface area contributed by atoms with Crippen molar-refractivity contribution in [1.82, 2.24) is 5.32 Å². The number of aryl methyl sites for hydroxylation is 3. The van der Waals surface area contributed by atoms with Crippen LogP contribution in [-0.2, 0) is 4.79 Å². The van der Waals surface area contributed by atoms with Gasteiger partial charge in [0.25, 0.3) is 5.91 Å². The highest BCUT2D eigenvalue weighted by Gasteiger charge is 2.09. The molecule has 0 saturated carbocycles. The van der Waals surface area contributed by atoms with E-state index in [-0.39, 0.29) is 18.2 Å². The van der Waals surface area contributed by atoms with Crippen LogP contribution < -0.4 is 10.6 Å². The van der Waals surface area contributed by atoms with Crippen LogP contribution in [0.4, 0.5) is 5.69 Å². The lowest BCUT2D eigenvalue weighted by molar-refractivity contribution is -0.116. The van der Waals surface area contributed by atoms with Gasteiger partial charge in [-0.05, 0) is 50.6 Å². The fourth-order valence-corrected chi connectivity index (χ4v) is 2.80. The Morgan fingerprint density at radius 3 is 2.33 bits per heavy atom. The van der Waals surface area contributed by atoms with Gasteiger partial charge in [0.15, 0.2) is 0 Å². The van der Waals surface area contributed by atoms with Crippen molar-refractivity contribution in [2.24, 2.45) is 0 Å². The molecule has 5 heteroatoms. The number of benzene rings is 2. The van der Waals surface area contributed by atoms with Crippen LogP contribution in [0.1, 0.15) is 33.5 Å². The van der Waals surface area contributed by atoms with Crippen LogP contribution >= 0.6 is 15.9 Å². The lowest BCUT2D eigenvalue weighted by Gasteiger charge is -2.10. The van der Waals surface area contributed by atoms with E-state index in [9.17, 15) is 9.59 Å². The Bertz CT molecular complexity index is 752. The van der Waals surface area contributed by atoms with Crippen LogP contribution in [-0.4, -0.2) is 18.4 Å². The summed E-state index contributed by atoms with van der Waals surface area (Å²) in [5, 5.41) is 5.65. The van der Waals surface area contributed by atoms with E-state index in [2.05, 4.69) is 26.6 Å². The lowest BCUT2D eigenvalue weighted by atomic mass is 10.1. The van der Waals surface area contributed by atoms with Crippen molar-refractivity contribution in [1.29, 1.82) is 0 Å². The molecular weight excluding hydrogens is 368 g/mol. The van der Waals surface area contributed by atoms with Gasteiger partial charge in [0.2, 0.25) is 5.91 Å². The summed E-state index contributed by atoms with van der Waals surface area (Å²) in [5.74, 6) is -0.287. The summed E-state index contributed by atoms with van der Waals surface area (Å²) < 4.78 is 0.909. The third-order valence-corrected chi connectivity index (χ3v) is 4.09. The summed E-state index contributed by atoms with van der Waals surface area (Å²) in [5.41, 5.74) is 4.47. The van der Waals surface area contributed by atoms with Crippen LogP contribution in [0, 0.1) is 20.8 Å². The molecule has 0 aromatic heterocycles. The molecule has 2 N–H and O–H groups in total. The first-order chi connectivity index (χ1) is 11.3. The molecule has 0 aliphatic rings. The zero-order valence-corrected chi connectivity index (χ0v) is 15.7. The average Bonchev–Trinajstić information content (AvgIpc) is 2.50. The Kier molecular flexibility index (Phi) is 6.15. The lowest BCUT2D eigenvalue weighted by Crippen LogP contribution is -2.27. The van der Waals surface area contributed by atoms with Gasteiger partial charge in [-0.15, -0.1) is 0 Å². The second-order valence-corrected chi connectivity index (χ2v) is 6.81. The van der Waals surface area contributed by atoms with Crippen LogP contribution in [0.3, 0.4) is 0 Å². The second-order valence-electron chi connectivity index (χ2n) is 5.89. The molecule has 2 aromatic rings. The summed E-state index contributed by atoms with van der Waals surface area (Å²) in [6.07, 6.45) is 0.225. The second kappa shape index (κ2) is 8.11. The molecule has 0 fully saturated rings. The first-order valence-corrected chi connectivity index (χ1v) is 8.57. The largest absolute Gasteiger partial charge is 0.352 e. The number of hydrogen-bond donors (Lipinski definition) is 2. The van der Waals surface area contributed by atoms with E-state index in [4.69, 9.17) is 0 Å². The number of anilines is 1. The molecule has 0 heterocycles. The molecular formula is C19H21BrN2O2. The first kappa shape index (κ1) is 18.2. The number of carbonyl (C=O) groups excluding carboxylic acids is 2. The zero-order valence-electron chi connectivity index (χ0n) is 14.1. The van der Waals surface area contributed by atoms with E-state index in [1.54, 1.807) is 0 Å². The highest BCUT2D eigenvalue weighted by Crippen LogP contribution is 2.20. The normalized spacial score (nSPS) is 10.3. The van der Waals surface area contributed by atoms with Gasteiger partial charge in [0.1, 0.15) is 0 Å². The zero-order chi connectivity index (χ0) is 17.7. The summed E-state index contributed by atoms with van der Waals surface area (Å²) in [4.78, 5) is 24.2. The summed E-state index contributed by atoms with van der Waals surface area (Å²) in [6, 6.07) is 11.4. The minimum Gasteiger partial charge on any atom is -0.352 e. The van der Waals surface area contributed by atoms with Crippen molar-refractivity contribution in [3.8, 4) is 0 Å². The molecule has 4 nitrogen and oxygen atoms in total. The Balaban J connectivity index is 1.86. The maximum atomic E-state index is 12.1. The number of carbonyl (C=O) groups is 2. The smallest absolute Gasteiger partial charge is 0.251 e. The Hall–Kier alpha value is -2.14. The molecule has 0 aliphatic heterocycles. The van der Waals surface area contributed by atoms with E-state index >= 15 is 0 Å². The SMILES string of the molecule is Cc1cc(C)cc(C(=O)NCCC(=O)Nc2cc(Br)ccc2C)c1. The van der Waals surface area contributed by atoms with Crippen molar-refractivity contribution in [3.63, 3.8) is 0 Å². The third kappa shape index (κ3) is 5.20. The van der Waals surface area contributed by atoms with Gasteiger partial charge in [0, 0.05) is 28.7 Å². The predicted molar refractivity (Wildman–Crippen MR) is 100 cm³/mol. The number of hydrogen-bond acceptors (Lipinski definition) is 2. The topological polar surface area (TPSA) is 58.2 Å². The fourth-order valence-electron chi connectivity index (χ4n) is 2.44. The minimum atomic E-state index is -0.159. The molecule has 126 valence electrons. The van der Waals surface area contributed by atoms with Crippen LogP contribution in [0.25, 0.3) is 0 Å². The van der Waals surface area contributed by atoms with E-state index in [1.807, 2.05) is 57.2 Å². The quantitative estimate of drug-likeness (QED) is 0.808. The maximum Gasteiger partial charge on any atom is 0.251 e. The molecule has 0 bridgehead atoms. The number of amides is 2. The molecule has 0 saturated heterocycles. The molecule has 2 aromatic carbocycles. The van der Waals surface area contributed by atoms with Crippen molar-refractivity contribution in [3.05, 3.63) is 63.1 Å². The van der Waals surface area contributed by atoms with Gasteiger partial charge in [-0.25, -0.2) is 0 Å². The maximum absolute atomic E-state index is 12.1. The molecule has 0 radical (unpaired) electrons. The minimum absolute atomic E-state index is 0.128. The number of rotatable bonds is 5. The van der Waals surface area contributed by atoms with E-state index < -0.39 is 0 Å². The van der Waals surface area contributed by atoms with Gasteiger partial charge in [0.05, 0.1) is 0 Å². The van der Waals surface area contributed by atoms with Crippen LogP contribution in [0.2, 0.25) is 0 Å².